The van der Waals surface area contributed by atoms with Crippen molar-refractivity contribution < 1.29 is 9.31 Å². The largest absolute Gasteiger partial charge is 0.382 e. The van der Waals surface area contributed by atoms with E-state index in [4.69, 9.17) is 0 Å². The van der Waals surface area contributed by atoms with Crippen molar-refractivity contribution in [3.05, 3.63) is 34.1 Å². The second-order valence-corrected chi connectivity index (χ2v) is 6.43. The van der Waals surface area contributed by atoms with Crippen LogP contribution < -0.4 is 5.32 Å². The van der Waals surface area contributed by atoms with Gasteiger partial charge in [0.15, 0.2) is 0 Å². The van der Waals surface area contributed by atoms with E-state index in [2.05, 4.69) is 19.2 Å². The van der Waals surface area contributed by atoms with E-state index in [1.165, 1.54) is 25.3 Å². The molecular formula is C16H23FN2O2. The fourth-order valence-electron chi connectivity index (χ4n) is 3.28. The van der Waals surface area contributed by atoms with Crippen molar-refractivity contribution >= 4 is 11.4 Å². The van der Waals surface area contributed by atoms with Gasteiger partial charge in [-0.25, -0.2) is 0 Å². The van der Waals surface area contributed by atoms with E-state index < -0.39 is 16.4 Å². The van der Waals surface area contributed by atoms with Gasteiger partial charge in [0.05, 0.1) is 4.92 Å². The number of nitro groups is 1. The van der Waals surface area contributed by atoms with Crippen molar-refractivity contribution in [1.29, 1.82) is 0 Å². The van der Waals surface area contributed by atoms with Gasteiger partial charge in [-0.05, 0) is 43.2 Å². The molecule has 1 aliphatic rings. The fraction of sp³-hybridized carbons (Fsp3) is 0.625. The molecule has 5 heteroatoms. The van der Waals surface area contributed by atoms with Crippen LogP contribution in [0, 0.1) is 27.8 Å². The van der Waals surface area contributed by atoms with E-state index in [9.17, 15) is 14.5 Å². The minimum absolute atomic E-state index is 0.326. The van der Waals surface area contributed by atoms with Crippen molar-refractivity contribution in [2.75, 3.05) is 5.32 Å². The first-order chi connectivity index (χ1) is 9.95. The summed E-state index contributed by atoms with van der Waals surface area (Å²) in [7, 11) is 0. The number of nitro benzene ring substituents is 1. The van der Waals surface area contributed by atoms with Crippen LogP contribution in [0.15, 0.2) is 18.2 Å². The normalized spacial score (nSPS) is 22.3. The number of anilines is 1. The molecule has 0 aromatic heterocycles. The summed E-state index contributed by atoms with van der Waals surface area (Å²) >= 11 is 0. The summed E-state index contributed by atoms with van der Waals surface area (Å²) in [6, 6.07) is 4.36. The van der Waals surface area contributed by atoms with Crippen LogP contribution in [0.25, 0.3) is 0 Å². The Morgan fingerprint density at radius 1 is 1.43 bits per heavy atom. The molecule has 0 aliphatic heterocycles. The lowest BCUT2D eigenvalue weighted by Crippen LogP contribution is -2.28. The highest BCUT2D eigenvalue weighted by Crippen LogP contribution is 2.31. The monoisotopic (exact) mass is 294 g/mol. The average molecular weight is 294 g/mol. The maximum absolute atomic E-state index is 13.3. The van der Waals surface area contributed by atoms with E-state index in [-0.39, 0.29) is 0 Å². The molecule has 1 fully saturated rings. The molecule has 1 aromatic rings. The second-order valence-electron chi connectivity index (χ2n) is 6.43. The number of rotatable bonds is 5. The highest BCUT2D eigenvalue weighted by molar-refractivity contribution is 5.52. The van der Waals surface area contributed by atoms with Crippen molar-refractivity contribution in [3.8, 4) is 0 Å². The van der Waals surface area contributed by atoms with E-state index in [0.717, 1.165) is 18.9 Å². The third kappa shape index (κ3) is 4.41. The van der Waals surface area contributed by atoms with Crippen LogP contribution in [-0.2, 0) is 0 Å². The standard InChI is InChI=1S/C16H23FN2O2/c1-11(2)8-12-4-3-5-13(9-12)18-14-6-7-15(17)16(10-14)19(20)21/h6-7,10-13,18H,3-5,8-9H2,1-2H3. The van der Waals surface area contributed by atoms with Gasteiger partial charge in [-0.15, -0.1) is 0 Å². The summed E-state index contributed by atoms with van der Waals surface area (Å²) in [5, 5.41) is 14.1. The van der Waals surface area contributed by atoms with Gasteiger partial charge >= 0.3 is 5.69 Å². The zero-order chi connectivity index (χ0) is 15.4. The van der Waals surface area contributed by atoms with E-state index in [1.807, 2.05) is 0 Å². The van der Waals surface area contributed by atoms with Gasteiger partial charge in [-0.2, -0.15) is 4.39 Å². The number of halogens is 1. The third-order valence-corrected chi connectivity index (χ3v) is 4.10. The molecule has 0 spiro atoms. The van der Waals surface area contributed by atoms with Gasteiger partial charge in [0.25, 0.3) is 0 Å². The van der Waals surface area contributed by atoms with Crippen molar-refractivity contribution in [3.63, 3.8) is 0 Å². The predicted molar refractivity (Wildman–Crippen MR) is 81.9 cm³/mol. The van der Waals surface area contributed by atoms with E-state index in [0.29, 0.717) is 23.6 Å². The van der Waals surface area contributed by atoms with E-state index in [1.54, 1.807) is 6.07 Å². The Balaban J connectivity index is 2.01. The summed E-state index contributed by atoms with van der Waals surface area (Å²) < 4.78 is 13.3. The summed E-state index contributed by atoms with van der Waals surface area (Å²) in [5.74, 6) is 0.624. The first kappa shape index (κ1) is 15.7. The van der Waals surface area contributed by atoms with Gasteiger partial charge in [-0.1, -0.05) is 26.7 Å². The number of nitrogens with zero attached hydrogens (tertiary/aromatic N) is 1. The van der Waals surface area contributed by atoms with Crippen LogP contribution in [0.5, 0.6) is 0 Å². The SMILES string of the molecule is CC(C)CC1CCCC(Nc2ccc(F)c([N+](=O)[O-])c2)C1. The van der Waals surface area contributed by atoms with Gasteiger partial charge in [-0.3, -0.25) is 10.1 Å². The Morgan fingerprint density at radius 3 is 2.86 bits per heavy atom. The zero-order valence-electron chi connectivity index (χ0n) is 12.6. The van der Waals surface area contributed by atoms with Gasteiger partial charge < -0.3 is 5.32 Å². The predicted octanol–water partition coefficient (Wildman–Crippen LogP) is 4.75. The minimum atomic E-state index is -0.785. The number of nitrogens with one attached hydrogen (secondary N) is 1. The summed E-state index contributed by atoms with van der Waals surface area (Å²) in [6.07, 6.45) is 5.82. The highest BCUT2D eigenvalue weighted by atomic mass is 19.1. The Labute approximate surface area is 124 Å². The zero-order valence-corrected chi connectivity index (χ0v) is 12.6. The molecular weight excluding hydrogens is 271 g/mol. The lowest BCUT2D eigenvalue weighted by Gasteiger charge is -2.31. The molecule has 0 heterocycles. The van der Waals surface area contributed by atoms with Crippen molar-refractivity contribution in [2.24, 2.45) is 11.8 Å². The molecule has 2 unspecified atom stereocenters. The van der Waals surface area contributed by atoms with Crippen molar-refractivity contribution in [1.82, 2.24) is 0 Å². The third-order valence-electron chi connectivity index (χ3n) is 4.10. The molecule has 0 radical (unpaired) electrons. The van der Waals surface area contributed by atoms with Gasteiger partial charge in [0.1, 0.15) is 0 Å². The topological polar surface area (TPSA) is 55.2 Å². The molecule has 2 rings (SSSR count). The quantitative estimate of drug-likeness (QED) is 0.629. The molecule has 1 N–H and O–H groups in total. The smallest absolute Gasteiger partial charge is 0.306 e. The molecule has 0 amide bonds. The Morgan fingerprint density at radius 2 is 2.19 bits per heavy atom. The fourth-order valence-corrected chi connectivity index (χ4v) is 3.28. The maximum atomic E-state index is 13.3. The molecule has 4 nitrogen and oxygen atoms in total. The molecule has 21 heavy (non-hydrogen) atoms. The van der Waals surface area contributed by atoms with Crippen LogP contribution in [0.1, 0.15) is 46.0 Å². The maximum Gasteiger partial charge on any atom is 0.306 e. The first-order valence-electron chi connectivity index (χ1n) is 7.66. The van der Waals surface area contributed by atoms with E-state index >= 15 is 0 Å². The van der Waals surface area contributed by atoms with Gasteiger partial charge in [0, 0.05) is 17.8 Å². The Hall–Kier alpha value is -1.65. The molecule has 1 aliphatic carbocycles. The first-order valence-corrected chi connectivity index (χ1v) is 7.66. The molecule has 1 aromatic carbocycles. The van der Waals surface area contributed by atoms with Crippen LogP contribution in [-0.4, -0.2) is 11.0 Å². The van der Waals surface area contributed by atoms with Gasteiger partial charge in [0.2, 0.25) is 5.82 Å². The summed E-state index contributed by atoms with van der Waals surface area (Å²) in [5.41, 5.74) is 0.174. The Bertz CT molecular complexity index is 505. The molecule has 1 saturated carbocycles. The Kier molecular flexibility index (Phi) is 5.15. The van der Waals surface area contributed by atoms with Crippen LogP contribution >= 0.6 is 0 Å². The van der Waals surface area contributed by atoms with Crippen molar-refractivity contribution in [2.45, 2.75) is 52.0 Å². The van der Waals surface area contributed by atoms with Crippen LogP contribution in [0.3, 0.4) is 0 Å². The minimum Gasteiger partial charge on any atom is -0.382 e. The molecule has 2 atom stereocenters. The summed E-state index contributed by atoms with van der Waals surface area (Å²) in [6.45, 7) is 4.47. The van der Waals surface area contributed by atoms with Crippen LogP contribution in [0.2, 0.25) is 0 Å². The number of hydrogen-bond donors (Lipinski definition) is 1. The molecule has 116 valence electrons. The second kappa shape index (κ2) is 6.87. The number of hydrogen-bond acceptors (Lipinski definition) is 3. The average Bonchev–Trinajstić information content (AvgIpc) is 2.40. The lowest BCUT2D eigenvalue weighted by atomic mass is 9.81. The highest BCUT2D eigenvalue weighted by Gasteiger charge is 2.23. The number of benzene rings is 1. The summed E-state index contributed by atoms with van der Waals surface area (Å²) in [4.78, 5) is 10.1. The molecule has 0 saturated heterocycles. The lowest BCUT2D eigenvalue weighted by molar-refractivity contribution is -0.387. The van der Waals surface area contributed by atoms with Crippen LogP contribution in [0.4, 0.5) is 15.8 Å². The molecule has 0 bridgehead atoms.